The summed E-state index contributed by atoms with van der Waals surface area (Å²) in [6.07, 6.45) is 11.3. The van der Waals surface area contributed by atoms with Crippen LogP contribution in [0.15, 0.2) is 30.3 Å². The molecule has 4 heteroatoms. The summed E-state index contributed by atoms with van der Waals surface area (Å²) >= 11 is -1.05. The van der Waals surface area contributed by atoms with E-state index in [1.807, 2.05) is 31.4 Å². The first kappa shape index (κ1) is 25.3. The molecule has 2 rings (SSSR count). The van der Waals surface area contributed by atoms with E-state index < -0.39 is 26.7 Å². The van der Waals surface area contributed by atoms with Gasteiger partial charge in [0.1, 0.15) is 0 Å². The molecule has 1 heterocycles. The van der Waals surface area contributed by atoms with Crippen LogP contribution in [0.1, 0.15) is 99.3 Å². The second-order valence-corrected chi connectivity index (χ2v) is 14.8. The molecular weight excluding hydrogens is 477 g/mol. The molecular formula is C26H41NO2Sn. The Bertz CT molecular complexity index is 781. The number of benzene rings is 1. The van der Waals surface area contributed by atoms with Crippen molar-refractivity contribution in [3.63, 3.8) is 0 Å². The first-order valence-corrected chi connectivity index (χ1v) is 14.7. The average molecular weight is 518 g/mol. The fourth-order valence-corrected chi connectivity index (χ4v) is 9.84. The van der Waals surface area contributed by atoms with E-state index >= 15 is 0 Å². The van der Waals surface area contributed by atoms with Crippen molar-refractivity contribution in [2.75, 3.05) is 0 Å². The Balaban J connectivity index is 2.50. The first-order chi connectivity index (χ1) is 14.2. The van der Waals surface area contributed by atoms with Gasteiger partial charge in [-0.25, -0.2) is 0 Å². The Hall–Kier alpha value is -0.971. The molecule has 0 fully saturated rings. The van der Waals surface area contributed by atoms with Gasteiger partial charge in [-0.05, 0) is 0 Å². The molecule has 3 nitrogen and oxygen atoms in total. The van der Waals surface area contributed by atoms with Gasteiger partial charge in [0.2, 0.25) is 0 Å². The number of carbonyl (C=O) groups is 1. The van der Waals surface area contributed by atoms with Crippen LogP contribution in [0.2, 0.25) is 3.43 Å². The van der Waals surface area contributed by atoms with Crippen molar-refractivity contribution in [3.05, 3.63) is 30.3 Å². The quantitative estimate of drug-likeness (QED) is 0.289. The maximum atomic E-state index is 13.3. The molecule has 2 radical (unpaired) electrons. The van der Waals surface area contributed by atoms with Gasteiger partial charge in [0.25, 0.3) is 0 Å². The van der Waals surface area contributed by atoms with Gasteiger partial charge in [-0.3, -0.25) is 0 Å². The summed E-state index contributed by atoms with van der Waals surface area (Å²) < 4.78 is 9.47. The topological polar surface area (TPSA) is 31.2 Å². The van der Waals surface area contributed by atoms with Crippen molar-refractivity contribution in [2.24, 2.45) is 0 Å². The van der Waals surface area contributed by atoms with E-state index in [0.29, 0.717) is 3.43 Å². The van der Waals surface area contributed by atoms with Crippen molar-refractivity contribution >= 4 is 41.8 Å². The standard InChI is InChI=1S/C13H14NO2.C13H27.Sn/c1-13(2,3)16-12(15)14-9-8-10-6-4-5-7-11(10)14;1-4-7-10-13(11-8-5-2)12-9-6-3;/h4-8H,1-3H3;4-12H2,1-3H3;. The fraction of sp³-hybridized carbons (Fsp3) is 0.654. The summed E-state index contributed by atoms with van der Waals surface area (Å²) in [5.74, 6) is 0. The van der Waals surface area contributed by atoms with Crippen LogP contribution in [0.3, 0.4) is 0 Å². The monoisotopic (exact) mass is 519 g/mol. The second-order valence-electron chi connectivity index (χ2n) is 9.62. The van der Waals surface area contributed by atoms with E-state index in [4.69, 9.17) is 4.74 Å². The van der Waals surface area contributed by atoms with Gasteiger partial charge in [0.15, 0.2) is 0 Å². The van der Waals surface area contributed by atoms with Crippen LogP contribution in [-0.2, 0) is 4.74 Å². The molecule has 0 N–H and O–H groups in total. The molecule has 0 aliphatic heterocycles. The van der Waals surface area contributed by atoms with Crippen molar-refractivity contribution in [1.29, 1.82) is 0 Å². The summed E-state index contributed by atoms with van der Waals surface area (Å²) in [5, 5.41) is 1.16. The van der Waals surface area contributed by atoms with Gasteiger partial charge < -0.3 is 0 Å². The van der Waals surface area contributed by atoms with E-state index in [0.717, 1.165) is 10.9 Å². The molecule has 0 saturated heterocycles. The Kier molecular flexibility index (Phi) is 9.77. The third-order valence-corrected chi connectivity index (χ3v) is 11.1. The number of rotatable bonds is 11. The van der Waals surface area contributed by atoms with Crippen LogP contribution >= 0.6 is 0 Å². The Morgan fingerprint density at radius 1 is 0.933 bits per heavy atom. The molecule has 0 unspecified atom stereocenters. The van der Waals surface area contributed by atoms with Crippen LogP contribution in [0.5, 0.6) is 0 Å². The SMILES string of the molecule is CCCC[C](CCCC)(CCCC)[Sn][c]1cc2ccccc2n1C(=O)OC(C)(C)C. The van der Waals surface area contributed by atoms with Crippen molar-refractivity contribution in [1.82, 2.24) is 4.57 Å². The Morgan fingerprint density at radius 2 is 1.47 bits per heavy atom. The zero-order valence-electron chi connectivity index (χ0n) is 20.0. The summed E-state index contributed by atoms with van der Waals surface area (Å²) in [4.78, 5) is 13.3. The molecule has 0 bridgehead atoms. The number of para-hydroxylation sites is 1. The van der Waals surface area contributed by atoms with E-state index in [1.165, 1.54) is 61.5 Å². The van der Waals surface area contributed by atoms with Crippen molar-refractivity contribution in [3.8, 4) is 0 Å². The number of carbonyl (C=O) groups excluding carboxylic acids is 1. The van der Waals surface area contributed by atoms with Gasteiger partial charge in [-0.2, -0.15) is 0 Å². The fourth-order valence-electron chi connectivity index (χ4n) is 4.13. The summed E-state index contributed by atoms with van der Waals surface area (Å²) in [6.45, 7) is 12.7. The summed E-state index contributed by atoms with van der Waals surface area (Å²) in [6, 6.07) is 10.6. The summed E-state index contributed by atoms with van der Waals surface area (Å²) in [5.41, 5.74) is 0.507. The second kappa shape index (κ2) is 11.6. The minimum atomic E-state index is -1.05. The number of fused-ring (bicyclic) bond motifs is 1. The van der Waals surface area contributed by atoms with E-state index in [1.54, 1.807) is 0 Å². The van der Waals surface area contributed by atoms with E-state index in [2.05, 4.69) is 45.0 Å². The van der Waals surface area contributed by atoms with Crippen molar-refractivity contribution in [2.45, 2.75) is 108 Å². The predicted molar refractivity (Wildman–Crippen MR) is 130 cm³/mol. The van der Waals surface area contributed by atoms with Crippen LogP contribution in [0, 0.1) is 0 Å². The van der Waals surface area contributed by atoms with E-state index in [-0.39, 0.29) is 6.09 Å². The van der Waals surface area contributed by atoms with E-state index in [9.17, 15) is 4.79 Å². The first-order valence-electron chi connectivity index (χ1n) is 11.9. The third-order valence-electron chi connectivity index (χ3n) is 5.71. The number of hydrogen-bond acceptors (Lipinski definition) is 2. The van der Waals surface area contributed by atoms with Crippen LogP contribution in [0.4, 0.5) is 4.79 Å². The van der Waals surface area contributed by atoms with Gasteiger partial charge in [-0.1, -0.05) is 0 Å². The minimum absolute atomic E-state index is 0.213. The Labute approximate surface area is 194 Å². The zero-order valence-corrected chi connectivity index (χ0v) is 22.9. The maximum absolute atomic E-state index is 13.3. The van der Waals surface area contributed by atoms with Crippen LogP contribution in [-0.4, -0.2) is 37.4 Å². The molecule has 0 aliphatic rings. The molecule has 1 aromatic carbocycles. The summed E-state index contributed by atoms with van der Waals surface area (Å²) in [7, 11) is 0. The number of nitrogens with zero attached hydrogens (tertiary/aromatic N) is 1. The molecule has 0 spiro atoms. The Morgan fingerprint density at radius 3 is 1.97 bits per heavy atom. The number of ether oxygens (including phenoxy) is 1. The molecule has 0 amide bonds. The number of hydrogen-bond donors (Lipinski definition) is 0. The molecule has 0 saturated carbocycles. The molecule has 2 aromatic rings. The molecule has 0 aliphatic carbocycles. The zero-order chi connectivity index (χ0) is 22.2. The third kappa shape index (κ3) is 7.03. The molecule has 166 valence electrons. The predicted octanol–water partition coefficient (Wildman–Crippen LogP) is 7.48. The average Bonchev–Trinajstić information content (AvgIpc) is 3.05. The van der Waals surface area contributed by atoms with Crippen molar-refractivity contribution < 1.29 is 9.53 Å². The van der Waals surface area contributed by atoms with Crippen LogP contribution in [0.25, 0.3) is 10.9 Å². The number of aromatic nitrogens is 1. The van der Waals surface area contributed by atoms with Gasteiger partial charge >= 0.3 is 195 Å². The van der Waals surface area contributed by atoms with Gasteiger partial charge in [-0.15, -0.1) is 0 Å². The molecule has 1 aromatic heterocycles. The van der Waals surface area contributed by atoms with Gasteiger partial charge in [0.05, 0.1) is 0 Å². The van der Waals surface area contributed by atoms with Gasteiger partial charge in [0, 0.05) is 0 Å². The van der Waals surface area contributed by atoms with Crippen LogP contribution < -0.4 is 3.71 Å². The normalized spacial score (nSPS) is 12.5. The molecule has 30 heavy (non-hydrogen) atoms. The number of unbranched alkanes of at least 4 members (excludes halogenated alkanes) is 3. The molecule has 0 atom stereocenters.